The van der Waals surface area contributed by atoms with E-state index >= 15 is 0 Å². The Morgan fingerprint density at radius 1 is 1.07 bits per heavy atom. The van der Waals surface area contributed by atoms with Crippen LogP contribution in [0.4, 0.5) is 5.69 Å². The van der Waals surface area contributed by atoms with Crippen LogP contribution in [0.25, 0.3) is 0 Å². The molecule has 2 aromatic carbocycles. The molecule has 0 aliphatic heterocycles. The third-order valence-electron chi connectivity index (χ3n) is 3.85. The zero-order chi connectivity index (χ0) is 19.6. The summed E-state index contributed by atoms with van der Waals surface area (Å²) < 4.78 is 0. The minimum Gasteiger partial charge on any atom is -0.478 e. The summed E-state index contributed by atoms with van der Waals surface area (Å²) in [5.74, 6) is -0.963. The summed E-state index contributed by atoms with van der Waals surface area (Å²) in [5, 5.41) is 14.5. The Hall–Kier alpha value is -2.80. The van der Waals surface area contributed by atoms with Crippen LogP contribution in [0.1, 0.15) is 22.3 Å². The predicted molar refractivity (Wildman–Crippen MR) is 107 cm³/mol. The highest BCUT2D eigenvalue weighted by Gasteiger charge is 2.21. The van der Waals surface area contributed by atoms with Gasteiger partial charge >= 0.3 is 5.97 Å². The van der Waals surface area contributed by atoms with Crippen molar-refractivity contribution in [1.29, 1.82) is 0 Å². The minimum absolute atomic E-state index is 0.0848. The second kappa shape index (κ2) is 10.4. The fourth-order valence-corrected chi connectivity index (χ4v) is 2.96. The lowest BCUT2D eigenvalue weighted by Gasteiger charge is -2.18. The summed E-state index contributed by atoms with van der Waals surface area (Å²) in [7, 11) is 0. The van der Waals surface area contributed by atoms with E-state index < -0.39 is 12.0 Å². The number of hydrogen-bond acceptors (Lipinski definition) is 4. The molecule has 0 aliphatic rings. The normalized spacial score (nSPS) is 11.4. The summed E-state index contributed by atoms with van der Waals surface area (Å²) in [6.45, 7) is 0. The Kier molecular flexibility index (Phi) is 7.88. The van der Waals surface area contributed by atoms with E-state index in [2.05, 4.69) is 10.6 Å². The molecule has 27 heavy (non-hydrogen) atoms. The molecule has 6 nitrogen and oxygen atoms in total. The first-order valence-corrected chi connectivity index (χ1v) is 9.85. The number of rotatable bonds is 9. The number of hydrogen-bond donors (Lipinski definition) is 3. The SMILES string of the molecule is CSCC[C@H](NC(=O)Cc1ccccc1)C(=O)Nc1cccc(C(=O)O)c1. The van der Waals surface area contributed by atoms with E-state index in [0.717, 1.165) is 5.56 Å². The molecule has 2 rings (SSSR count). The van der Waals surface area contributed by atoms with E-state index in [-0.39, 0.29) is 23.8 Å². The number of benzene rings is 2. The topological polar surface area (TPSA) is 95.5 Å². The van der Waals surface area contributed by atoms with Crippen LogP contribution in [-0.4, -0.2) is 40.9 Å². The third kappa shape index (κ3) is 6.79. The van der Waals surface area contributed by atoms with Crippen LogP contribution in [0.3, 0.4) is 0 Å². The van der Waals surface area contributed by atoms with E-state index in [1.54, 1.807) is 23.9 Å². The highest BCUT2D eigenvalue weighted by atomic mass is 32.2. The van der Waals surface area contributed by atoms with Gasteiger partial charge in [0.15, 0.2) is 0 Å². The van der Waals surface area contributed by atoms with Gasteiger partial charge in [0.2, 0.25) is 11.8 Å². The molecular weight excluding hydrogens is 364 g/mol. The second-order valence-corrected chi connectivity index (χ2v) is 6.92. The van der Waals surface area contributed by atoms with E-state index in [1.807, 2.05) is 36.6 Å². The summed E-state index contributed by atoms with van der Waals surface area (Å²) in [6, 6.07) is 14.6. The van der Waals surface area contributed by atoms with Crippen molar-refractivity contribution in [3.05, 3.63) is 65.7 Å². The van der Waals surface area contributed by atoms with Crippen molar-refractivity contribution in [2.24, 2.45) is 0 Å². The minimum atomic E-state index is -1.07. The Labute approximate surface area is 162 Å². The molecule has 1 atom stereocenters. The van der Waals surface area contributed by atoms with Gasteiger partial charge in [-0.25, -0.2) is 4.79 Å². The molecule has 0 radical (unpaired) electrons. The quantitative estimate of drug-likeness (QED) is 0.616. The van der Waals surface area contributed by atoms with E-state index in [4.69, 9.17) is 5.11 Å². The number of carboxylic acids is 1. The van der Waals surface area contributed by atoms with Crippen LogP contribution in [0, 0.1) is 0 Å². The maximum Gasteiger partial charge on any atom is 0.335 e. The van der Waals surface area contributed by atoms with Gasteiger partial charge in [0.25, 0.3) is 0 Å². The van der Waals surface area contributed by atoms with Crippen molar-refractivity contribution < 1.29 is 19.5 Å². The number of thioether (sulfide) groups is 1. The molecule has 0 saturated carbocycles. The number of anilines is 1. The smallest absolute Gasteiger partial charge is 0.335 e. The molecule has 0 saturated heterocycles. The van der Waals surface area contributed by atoms with Gasteiger partial charge in [0.05, 0.1) is 12.0 Å². The number of amides is 2. The predicted octanol–water partition coefficient (Wildman–Crippen LogP) is 2.80. The first-order chi connectivity index (χ1) is 13.0. The van der Waals surface area contributed by atoms with Gasteiger partial charge < -0.3 is 15.7 Å². The zero-order valence-corrected chi connectivity index (χ0v) is 15.8. The molecule has 7 heteroatoms. The average Bonchev–Trinajstić information content (AvgIpc) is 2.66. The van der Waals surface area contributed by atoms with Crippen LogP contribution >= 0.6 is 11.8 Å². The lowest BCUT2D eigenvalue weighted by molar-refractivity contribution is -0.126. The summed E-state index contributed by atoms with van der Waals surface area (Å²) >= 11 is 1.58. The maximum atomic E-state index is 12.6. The number of carbonyl (C=O) groups excluding carboxylic acids is 2. The van der Waals surface area contributed by atoms with Gasteiger partial charge in [0, 0.05) is 5.69 Å². The molecule has 0 aliphatic carbocycles. The van der Waals surface area contributed by atoms with Crippen molar-refractivity contribution in [1.82, 2.24) is 5.32 Å². The van der Waals surface area contributed by atoms with Gasteiger partial charge in [0.1, 0.15) is 6.04 Å². The number of carbonyl (C=O) groups is 3. The Bertz CT molecular complexity index is 796. The fourth-order valence-electron chi connectivity index (χ4n) is 2.49. The first kappa shape index (κ1) is 20.5. The summed E-state index contributed by atoms with van der Waals surface area (Å²) in [5.41, 5.74) is 1.33. The molecule has 142 valence electrons. The first-order valence-electron chi connectivity index (χ1n) is 8.46. The van der Waals surface area contributed by atoms with Crippen LogP contribution in [0.5, 0.6) is 0 Å². The van der Waals surface area contributed by atoms with Crippen LogP contribution in [0.15, 0.2) is 54.6 Å². The Balaban J connectivity index is 2.03. The van der Waals surface area contributed by atoms with Crippen LogP contribution in [-0.2, 0) is 16.0 Å². The van der Waals surface area contributed by atoms with Gasteiger partial charge in [-0.05, 0) is 42.2 Å². The van der Waals surface area contributed by atoms with Crippen LogP contribution < -0.4 is 10.6 Å². The van der Waals surface area contributed by atoms with E-state index in [9.17, 15) is 14.4 Å². The third-order valence-corrected chi connectivity index (χ3v) is 4.49. The molecule has 2 aromatic rings. The molecule has 0 heterocycles. The second-order valence-electron chi connectivity index (χ2n) is 5.94. The van der Waals surface area contributed by atoms with Crippen molar-refractivity contribution in [3.8, 4) is 0 Å². The van der Waals surface area contributed by atoms with Gasteiger partial charge in [-0.3, -0.25) is 9.59 Å². The average molecular weight is 386 g/mol. The number of carboxylic acid groups (broad SMARTS) is 1. The van der Waals surface area contributed by atoms with Crippen molar-refractivity contribution in [3.63, 3.8) is 0 Å². The van der Waals surface area contributed by atoms with Gasteiger partial charge in [-0.15, -0.1) is 0 Å². The summed E-state index contributed by atoms with van der Waals surface area (Å²) in [6.07, 6.45) is 2.60. The highest BCUT2D eigenvalue weighted by Crippen LogP contribution is 2.12. The monoisotopic (exact) mass is 386 g/mol. The van der Waals surface area contributed by atoms with Crippen molar-refractivity contribution in [2.45, 2.75) is 18.9 Å². The number of nitrogens with one attached hydrogen (secondary N) is 2. The zero-order valence-electron chi connectivity index (χ0n) is 15.0. The van der Waals surface area contributed by atoms with Gasteiger partial charge in [-0.1, -0.05) is 36.4 Å². The van der Waals surface area contributed by atoms with Crippen molar-refractivity contribution in [2.75, 3.05) is 17.3 Å². The number of aromatic carboxylic acids is 1. The molecule has 0 spiro atoms. The molecular formula is C20H22N2O4S. The van der Waals surface area contributed by atoms with Gasteiger partial charge in [-0.2, -0.15) is 11.8 Å². The lowest BCUT2D eigenvalue weighted by Crippen LogP contribution is -2.44. The van der Waals surface area contributed by atoms with E-state index in [0.29, 0.717) is 17.9 Å². The molecule has 0 unspecified atom stereocenters. The highest BCUT2D eigenvalue weighted by molar-refractivity contribution is 7.98. The summed E-state index contributed by atoms with van der Waals surface area (Å²) in [4.78, 5) is 36.0. The molecule has 0 aromatic heterocycles. The molecule has 2 amide bonds. The lowest BCUT2D eigenvalue weighted by atomic mass is 10.1. The fraction of sp³-hybridized carbons (Fsp3) is 0.250. The molecule has 0 fully saturated rings. The maximum absolute atomic E-state index is 12.6. The largest absolute Gasteiger partial charge is 0.478 e. The standard InChI is InChI=1S/C20H22N2O4S/c1-27-11-10-17(22-18(23)12-14-6-3-2-4-7-14)19(24)21-16-9-5-8-15(13-16)20(25)26/h2-9,13,17H,10-12H2,1H3,(H,21,24)(H,22,23)(H,25,26)/t17-/m0/s1. The Morgan fingerprint density at radius 3 is 2.48 bits per heavy atom. The van der Waals surface area contributed by atoms with E-state index in [1.165, 1.54) is 12.1 Å². The van der Waals surface area contributed by atoms with Crippen molar-refractivity contribution >= 4 is 35.2 Å². The van der Waals surface area contributed by atoms with Crippen LogP contribution in [0.2, 0.25) is 0 Å². The Morgan fingerprint density at radius 2 is 1.81 bits per heavy atom. The molecule has 0 bridgehead atoms. The molecule has 3 N–H and O–H groups in total.